The van der Waals surface area contributed by atoms with Crippen molar-refractivity contribution in [1.82, 2.24) is 24.4 Å². The minimum Gasteiger partial charge on any atom is -0.355 e. The van der Waals surface area contributed by atoms with E-state index < -0.39 is 11.7 Å². The third-order valence-corrected chi connectivity index (χ3v) is 8.18. The third-order valence-electron chi connectivity index (χ3n) is 7.49. The molecule has 3 heterocycles. The molecule has 0 radical (unpaired) electrons. The van der Waals surface area contributed by atoms with E-state index in [-0.39, 0.29) is 15.9 Å². The van der Waals surface area contributed by atoms with Gasteiger partial charge in [-0.1, -0.05) is 27.6 Å². The second kappa shape index (κ2) is 11.7. The Balaban J connectivity index is 0.000000248. The summed E-state index contributed by atoms with van der Waals surface area (Å²) >= 11 is 2.85. The highest BCUT2D eigenvalue weighted by Gasteiger charge is 2.33. The van der Waals surface area contributed by atoms with Crippen molar-refractivity contribution in [2.45, 2.75) is 45.3 Å². The van der Waals surface area contributed by atoms with Crippen LogP contribution in [-0.4, -0.2) is 45.0 Å². The molecule has 0 saturated heterocycles. The number of hydrogen-bond acceptors (Lipinski definition) is 4. The average Bonchev–Trinajstić information content (AvgIpc) is 3.71. The van der Waals surface area contributed by atoms with Crippen LogP contribution in [0.5, 0.6) is 0 Å². The van der Waals surface area contributed by atoms with Crippen LogP contribution in [0.25, 0.3) is 11.3 Å². The summed E-state index contributed by atoms with van der Waals surface area (Å²) in [6.45, 7) is 2.52. The Kier molecular flexibility index (Phi) is 8.27. The first-order valence-electron chi connectivity index (χ1n) is 13.5. The van der Waals surface area contributed by atoms with E-state index >= 15 is 0 Å². The summed E-state index contributed by atoms with van der Waals surface area (Å²) in [6.07, 6.45) is 2.19. The summed E-state index contributed by atoms with van der Waals surface area (Å²) in [5.74, 6) is 0.469. The number of carbonyl (C=O) groups is 2. The second-order valence-electron chi connectivity index (χ2n) is 10.6. The van der Waals surface area contributed by atoms with E-state index in [1.54, 1.807) is 53.8 Å². The highest BCUT2D eigenvalue weighted by atomic mass is 79.9. The van der Waals surface area contributed by atoms with Crippen LogP contribution in [0.15, 0.2) is 57.9 Å². The van der Waals surface area contributed by atoms with Gasteiger partial charge in [-0.15, -0.1) is 0 Å². The fourth-order valence-electron chi connectivity index (χ4n) is 5.10. The van der Waals surface area contributed by atoms with Crippen LogP contribution >= 0.6 is 15.9 Å². The standard InChI is InChI=1S/C22H23N5O3.C8H6BrF3/c1-23-20(29)15-4-6-17(7-5-15)26-21-16(10-14-2-3-14)11-24-27(21)19-12-25(13-28)9-8-18(19)22(26)30;1-5-2-3-7(9)6(4-5)8(10,11)12/h4-7,11,13-14H,2-3,8-10,12H2,1H3,(H,23,29);2-4H,1H3. The van der Waals surface area contributed by atoms with Gasteiger partial charge >= 0.3 is 6.18 Å². The summed E-state index contributed by atoms with van der Waals surface area (Å²) in [5.41, 5.74) is 4.42. The van der Waals surface area contributed by atoms with Gasteiger partial charge in [0.15, 0.2) is 0 Å². The van der Waals surface area contributed by atoms with E-state index in [9.17, 15) is 27.6 Å². The van der Waals surface area contributed by atoms with E-state index in [0.717, 1.165) is 35.8 Å². The smallest absolute Gasteiger partial charge is 0.355 e. The van der Waals surface area contributed by atoms with Crippen LogP contribution < -0.4 is 10.9 Å². The molecule has 2 aromatic carbocycles. The summed E-state index contributed by atoms with van der Waals surface area (Å²) in [7, 11) is 1.59. The van der Waals surface area contributed by atoms with Crippen molar-refractivity contribution in [3.63, 3.8) is 0 Å². The molecule has 12 heteroatoms. The van der Waals surface area contributed by atoms with Crippen LogP contribution in [0.4, 0.5) is 13.2 Å². The lowest BCUT2D eigenvalue weighted by molar-refractivity contribution is -0.138. The maximum Gasteiger partial charge on any atom is 0.417 e. The Labute approximate surface area is 248 Å². The maximum atomic E-state index is 13.6. The number of hydrogen-bond donors (Lipinski definition) is 1. The zero-order valence-corrected chi connectivity index (χ0v) is 24.6. The maximum absolute atomic E-state index is 13.6. The van der Waals surface area contributed by atoms with Gasteiger partial charge in [0.1, 0.15) is 5.65 Å². The summed E-state index contributed by atoms with van der Waals surface area (Å²) < 4.78 is 40.2. The van der Waals surface area contributed by atoms with Crippen LogP contribution in [-0.2, 0) is 30.4 Å². The molecule has 42 heavy (non-hydrogen) atoms. The largest absolute Gasteiger partial charge is 0.417 e. The minimum absolute atomic E-state index is 0.0757. The number of benzene rings is 2. The summed E-state index contributed by atoms with van der Waals surface area (Å²) in [4.78, 5) is 38.5. The zero-order valence-electron chi connectivity index (χ0n) is 23.0. The molecule has 1 aliphatic carbocycles. The first kappa shape index (κ1) is 29.6. The van der Waals surface area contributed by atoms with Gasteiger partial charge in [0.2, 0.25) is 6.41 Å². The molecule has 220 valence electrons. The monoisotopic (exact) mass is 643 g/mol. The molecule has 1 N–H and O–H groups in total. The molecule has 1 aliphatic heterocycles. The molecule has 0 atom stereocenters. The first-order chi connectivity index (χ1) is 20.0. The summed E-state index contributed by atoms with van der Waals surface area (Å²) in [5, 5.41) is 7.23. The number of alkyl halides is 3. The van der Waals surface area contributed by atoms with Gasteiger partial charge in [-0.25, -0.2) is 4.52 Å². The normalized spacial score (nSPS) is 14.7. The van der Waals surface area contributed by atoms with Crippen molar-refractivity contribution >= 4 is 33.9 Å². The van der Waals surface area contributed by atoms with Crippen LogP contribution in [0.3, 0.4) is 0 Å². The quantitative estimate of drug-likeness (QED) is 0.307. The molecule has 0 bridgehead atoms. The van der Waals surface area contributed by atoms with E-state index in [2.05, 4.69) is 26.3 Å². The SMILES string of the molecule is CNC(=O)c1ccc(-n2c(=O)c3c(n4ncc(CC5CC5)c24)CN(C=O)CC3)cc1.Cc1ccc(Br)c(C(F)(F)F)c1. The van der Waals surface area contributed by atoms with Gasteiger partial charge in [-0.3, -0.25) is 19.0 Å². The molecule has 8 nitrogen and oxygen atoms in total. The molecule has 0 spiro atoms. The molecule has 0 unspecified atom stereocenters. The van der Waals surface area contributed by atoms with Gasteiger partial charge in [0.25, 0.3) is 11.5 Å². The topological polar surface area (TPSA) is 88.7 Å². The molecule has 2 aliphatic rings. The van der Waals surface area contributed by atoms with E-state index in [0.29, 0.717) is 47.8 Å². The highest BCUT2D eigenvalue weighted by Crippen LogP contribution is 2.35. The predicted octanol–water partition coefficient (Wildman–Crippen LogP) is 5.09. The second-order valence-corrected chi connectivity index (χ2v) is 11.4. The van der Waals surface area contributed by atoms with Crippen LogP contribution in [0.1, 0.15) is 51.1 Å². The van der Waals surface area contributed by atoms with Crippen molar-refractivity contribution in [1.29, 1.82) is 0 Å². The molecular weight excluding hydrogens is 615 g/mol. The lowest BCUT2D eigenvalue weighted by Gasteiger charge is -2.26. The van der Waals surface area contributed by atoms with Crippen molar-refractivity contribution in [3.05, 3.63) is 97.0 Å². The Morgan fingerprint density at radius 2 is 1.88 bits per heavy atom. The minimum atomic E-state index is -4.27. The van der Waals surface area contributed by atoms with Crippen molar-refractivity contribution in [2.24, 2.45) is 5.92 Å². The van der Waals surface area contributed by atoms with E-state index in [1.807, 2.05) is 10.7 Å². The van der Waals surface area contributed by atoms with Gasteiger partial charge < -0.3 is 10.2 Å². The molecule has 6 rings (SSSR count). The number of nitrogens with one attached hydrogen (secondary N) is 1. The van der Waals surface area contributed by atoms with Crippen LogP contribution in [0.2, 0.25) is 0 Å². The van der Waals surface area contributed by atoms with Gasteiger partial charge in [-0.05, 0) is 74.9 Å². The fraction of sp³-hybridized carbons (Fsp3) is 0.333. The number of halogens is 4. The van der Waals surface area contributed by atoms with Gasteiger partial charge in [0, 0.05) is 34.8 Å². The Morgan fingerprint density at radius 3 is 2.48 bits per heavy atom. The molecule has 4 aromatic rings. The number of amides is 2. The van der Waals surface area contributed by atoms with Crippen molar-refractivity contribution in [3.8, 4) is 5.69 Å². The number of rotatable bonds is 5. The average molecular weight is 644 g/mol. The predicted molar refractivity (Wildman–Crippen MR) is 155 cm³/mol. The zero-order chi connectivity index (χ0) is 30.2. The van der Waals surface area contributed by atoms with Gasteiger partial charge in [0.05, 0.1) is 29.7 Å². The number of aromatic nitrogens is 3. The molecule has 1 saturated carbocycles. The van der Waals surface area contributed by atoms with Crippen molar-refractivity contribution in [2.75, 3.05) is 13.6 Å². The lowest BCUT2D eigenvalue weighted by atomic mass is 10.1. The van der Waals surface area contributed by atoms with E-state index in [4.69, 9.17) is 0 Å². The van der Waals surface area contributed by atoms with E-state index in [1.165, 1.54) is 18.9 Å². The van der Waals surface area contributed by atoms with Crippen LogP contribution in [0, 0.1) is 12.8 Å². The molecular formula is C30H29BrF3N5O3. The molecule has 2 aromatic heterocycles. The Hall–Kier alpha value is -3.93. The number of aryl methyl sites for hydroxylation is 1. The molecule has 1 fully saturated rings. The third kappa shape index (κ3) is 5.99. The fourth-order valence-corrected chi connectivity index (χ4v) is 5.58. The number of nitrogens with zero attached hydrogens (tertiary/aromatic N) is 4. The lowest BCUT2D eigenvalue weighted by Crippen LogP contribution is -2.38. The highest BCUT2D eigenvalue weighted by molar-refractivity contribution is 9.10. The number of fused-ring (bicyclic) bond motifs is 3. The summed E-state index contributed by atoms with van der Waals surface area (Å²) in [6, 6.07) is 11.2. The van der Waals surface area contributed by atoms with Gasteiger partial charge in [-0.2, -0.15) is 18.3 Å². The molecule has 2 amide bonds. The number of carbonyl (C=O) groups excluding carboxylic acids is 2. The van der Waals surface area contributed by atoms with Crippen molar-refractivity contribution < 1.29 is 22.8 Å². The first-order valence-corrected chi connectivity index (χ1v) is 14.3. The Morgan fingerprint density at radius 1 is 1.17 bits per heavy atom. The Bertz CT molecular complexity index is 1710.